The molecule has 0 amide bonds. The van der Waals surface area contributed by atoms with Crippen LogP contribution in [0.15, 0.2) is 24.3 Å². The molecule has 94 valence electrons. The highest BCUT2D eigenvalue weighted by Gasteiger charge is 2.24. The van der Waals surface area contributed by atoms with Crippen LogP contribution in [0, 0.1) is 0 Å². The van der Waals surface area contributed by atoms with E-state index in [0.29, 0.717) is 6.04 Å². The van der Waals surface area contributed by atoms with Crippen molar-refractivity contribution in [3.8, 4) is 0 Å². The van der Waals surface area contributed by atoms with Gasteiger partial charge in [0, 0.05) is 6.04 Å². The van der Waals surface area contributed by atoms with E-state index in [-0.39, 0.29) is 24.4 Å². The highest BCUT2D eigenvalue weighted by molar-refractivity contribution is 5.85. The van der Waals surface area contributed by atoms with Gasteiger partial charge in [-0.15, -0.1) is 12.4 Å². The number of carbonyl (C=O) groups excluding carboxylic acids is 1. The molecular weight excluding hydrogens is 238 g/mol. The third-order valence-electron chi connectivity index (χ3n) is 3.09. The molecule has 1 aromatic rings. The van der Waals surface area contributed by atoms with Crippen molar-refractivity contribution in [1.82, 2.24) is 5.32 Å². The van der Waals surface area contributed by atoms with Gasteiger partial charge in [-0.1, -0.05) is 24.3 Å². The molecule has 1 aliphatic carbocycles. The summed E-state index contributed by atoms with van der Waals surface area (Å²) in [7, 11) is 1.42. The number of carbonyl (C=O) groups is 1. The van der Waals surface area contributed by atoms with E-state index >= 15 is 0 Å². The number of ether oxygens (including phenoxy) is 1. The van der Waals surface area contributed by atoms with E-state index in [1.54, 1.807) is 0 Å². The van der Waals surface area contributed by atoms with E-state index in [9.17, 15) is 4.79 Å². The van der Waals surface area contributed by atoms with Crippen molar-refractivity contribution in [2.45, 2.75) is 31.8 Å². The van der Waals surface area contributed by atoms with Gasteiger partial charge in [0.2, 0.25) is 0 Å². The van der Waals surface area contributed by atoms with E-state index in [0.717, 1.165) is 12.8 Å². The quantitative estimate of drug-likeness (QED) is 0.836. The van der Waals surface area contributed by atoms with Crippen molar-refractivity contribution in [3.63, 3.8) is 0 Å². The Morgan fingerprint density at radius 3 is 2.35 bits per heavy atom. The van der Waals surface area contributed by atoms with Gasteiger partial charge in [-0.3, -0.25) is 4.79 Å². The lowest BCUT2D eigenvalue weighted by atomic mass is 10.1. The zero-order chi connectivity index (χ0) is 11.5. The van der Waals surface area contributed by atoms with Crippen LogP contribution in [0.3, 0.4) is 0 Å². The van der Waals surface area contributed by atoms with Gasteiger partial charge in [0.25, 0.3) is 0 Å². The number of fused-ring (bicyclic) bond motifs is 1. The molecular formula is C13H18ClNO2. The molecule has 2 rings (SSSR count). The molecule has 0 bridgehead atoms. The Kier molecular flexibility index (Phi) is 4.97. The van der Waals surface area contributed by atoms with Crippen molar-refractivity contribution in [1.29, 1.82) is 0 Å². The van der Waals surface area contributed by atoms with Gasteiger partial charge in [0.15, 0.2) is 0 Å². The molecule has 3 nitrogen and oxygen atoms in total. The Hall–Kier alpha value is -1.06. The number of esters is 1. The highest BCUT2D eigenvalue weighted by Crippen LogP contribution is 2.21. The predicted molar refractivity (Wildman–Crippen MR) is 69.5 cm³/mol. The Morgan fingerprint density at radius 1 is 1.35 bits per heavy atom. The second-order valence-electron chi connectivity index (χ2n) is 4.29. The van der Waals surface area contributed by atoms with Crippen LogP contribution < -0.4 is 5.32 Å². The van der Waals surface area contributed by atoms with E-state index in [2.05, 4.69) is 29.6 Å². The Morgan fingerprint density at radius 2 is 1.88 bits per heavy atom. The molecule has 0 spiro atoms. The summed E-state index contributed by atoms with van der Waals surface area (Å²) >= 11 is 0. The summed E-state index contributed by atoms with van der Waals surface area (Å²) in [5, 5.41) is 3.30. The van der Waals surface area contributed by atoms with Crippen LogP contribution in [0.4, 0.5) is 0 Å². The molecule has 1 atom stereocenters. The van der Waals surface area contributed by atoms with Gasteiger partial charge in [-0.2, -0.15) is 0 Å². The summed E-state index contributed by atoms with van der Waals surface area (Å²) in [6, 6.07) is 8.55. The molecule has 1 aromatic carbocycles. The van der Waals surface area contributed by atoms with Gasteiger partial charge in [-0.25, -0.2) is 0 Å². The zero-order valence-corrected chi connectivity index (χ0v) is 10.9. The van der Waals surface area contributed by atoms with Crippen LogP contribution in [0.1, 0.15) is 18.1 Å². The number of halogens is 1. The fourth-order valence-electron chi connectivity index (χ4n) is 2.28. The largest absolute Gasteiger partial charge is 0.468 e. The van der Waals surface area contributed by atoms with Gasteiger partial charge >= 0.3 is 5.97 Å². The maximum Gasteiger partial charge on any atom is 0.322 e. The van der Waals surface area contributed by atoms with Gasteiger partial charge in [0.1, 0.15) is 6.04 Å². The van der Waals surface area contributed by atoms with E-state index in [1.165, 1.54) is 18.2 Å². The third kappa shape index (κ3) is 3.20. The zero-order valence-electron chi connectivity index (χ0n) is 10.1. The van der Waals surface area contributed by atoms with Crippen LogP contribution >= 0.6 is 12.4 Å². The average Bonchev–Trinajstić information content (AvgIpc) is 2.69. The molecule has 1 N–H and O–H groups in total. The first kappa shape index (κ1) is 14.0. The number of rotatable bonds is 3. The summed E-state index contributed by atoms with van der Waals surface area (Å²) in [6.45, 7) is 1.84. The van der Waals surface area contributed by atoms with E-state index < -0.39 is 0 Å². The monoisotopic (exact) mass is 255 g/mol. The molecule has 0 heterocycles. The first-order valence-corrected chi connectivity index (χ1v) is 5.61. The minimum atomic E-state index is -0.232. The van der Waals surface area contributed by atoms with Crippen LogP contribution in [0.5, 0.6) is 0 Å². The molecule has 0 fully saturated rings. The molecule has 0 radical (unpaired) electrons. The fourth-order valence-corrected chi connectivity index (χ4v) is 2.28. The highest BCUT2D eigenvalue weighted by atomic mass is 35.5. The topological polar surface area (TPSA) is 38.3 Å². The van der Waals surface area contributed by atoms with Gasteiger partial charge in [0.05, 0.1) is 7.11 Å². The second-order valence-corrected chi connectivity index (χ2v) is 4.29. The number of benzene rings is 1. The lowest BCUT2D eigenvalue weighted by Crippen LogP contribution is -2.42. The Balaban J connectivity index is 0.00000144. The number of hydrogen-bond donors (Lipinski definition) is 1. The minimum Gasteiger partial charge on any atom is -0.468 e. The predicted octanol–water partition coefficient (Wildman–Crippen LogP) is 1.73. The summed E-state index contributed by atoms with van der Waals surface area (Å²) in [4.78, 5) is 11.3. The maximum absolute atomic E-state index is 11.3. The molecule has 17 heavy (non-hydrogen) atoms. The molecule has 1 aliphatic rings. The van der Waals surface area contributed by atoms with Crippen molar-refractivity contribution in [3.05, 3.63) is 35.4 Å². The fraction of sp³-hybridized carbons (Fsp3) is 0.462. The minimum absolute atomic E-state index is 0. The maximum atomic E-state index is 11.3. The SMILES string of the molecule is COC(=O)[C@H](C)NC1Cc2ccccc2C1.Cl. The summed E-state index contributed by atoms with van der Waals surface area (Å²) in [5.41, 5.74) is 2.77. The molecule has 0 aliphatic heterocycles. The number of hydrogen-bond acceptors (Lipinski definition) is 3. The standard InChI is InChI=1S/C13H17NO2.ClH/c1-9(13(15)16-2)14-12-7-10-5-3-4-6-11(10)8-12;/h3-6,9,12,14H,7-8H2,1-2H3;1H/t9-;/m0./s1. The average molecular weight is 256 g/mol. The van der Waals surface area contributed by atoms with Crippen molar-refractivity contribution in [2.24, 2.45) is 0 Å². The lowest BCUT2D eigenvalue weighted by Gasteiger charge is -2.16. The van der Waals surface area contributed by atoms with Crippen LogP contribution in [-0.4, -0.2) is 25.2 Å². The molecule has 0 unspecified atom stereocenters. The second kappa shape index (κ2) is 6.03. The smallest absolute Gasteiger partial charge is 0.322 e. The van der Waals surface area contributed by atoms with E-state index in [1.807, 2.05) is 6.92 Å². The van der Waals surface area contributed by atoms with Gasteiger partial charge in [-0.05, 0) is 30.9 Å². The third-order valence-corrected chi connectivity index (χ3v) is 3.09. The summed E-state index contributed by atoms with van der Waals surface area (Å²) in [6.07, 6.45) is 2.00. The van der Waals surface area contributed by atoms with Crippen molar-refractivity contribution in [2.75, 3.05) is 7.11 Å². The first-order chi connectivity index (χ1) is 7.70. The molecule has 0 saturated carbocycles. The van der Waals surface area contributed by atoms with Crippen molar-refractivity contribution < 1.29 is 9.53 Å². The normalized spacial score (nSPS) is 15.9. The van der Waals surface area contributed by atoms with Gasteiger partial charge < -0.3 is 10.1 Å². The summed E-state index contributed by atoms with van der Waals surface area (Å²) < 4.78 is 4.70. The number of nitrogens with one attached hydrogen (secondary N) is 1. The first-order valence-electron chi connectivity index (χ1n) is 5.61. The molecule has 4 heteroatoms. The summed E-state index contributed by atoms with van der Waals surface area (Å²) in [5.74, 6) is -0.198. The van der Waals surface area contributed by atoms with Crippen LogP contribution in [0.25, 0.3) is 0 Å². The Labute approximate surface area is 108 Å². The van der Waals surface area contributed by atoms with Crippen LogP contribution in [-0.2, 0) is 22.4 Å². The lowest BCUT2D eigenvalue weighted by molar-refractivity contribution is -0.142. The van der Waals surface area contributed by atoms with E-state index in [4.69, 9.17) is 4.74 Å². The molecule has 0 saturated heterocycles. The number of methoxy groups -OCH3 is 1. The van der Waals surface area contributed by atoms with Crippen molar-refractivity contribution >= 4 is 18.4 Å². The molecule has 0 aromatic heterocycles. The Bertz CT molecular complexity index is 370. The van der Waals surface area contributed by atoms with Crippen LogP contribution in [0.2, 0.25) is 0 Å².